The molecule has 0 aliphatic rings. The molecule has 1 heterocycles. The maximum Gasteiger partial charge on any atom is 0.350 e. The van der Waals surface area contributed by atoms with Crippen LogP contribution >= 0.6 is 27.3 Å². The predicted octanol–water partition coefficient (Wildman–Crippen LogP) is 3.84. The Hall–Kier alpha value is -1.73. The molecular formula is C14H14BrN3O2S. The summed E-state index contributed by atoms with van der Waals surface area (Å²) in [6.45, 7) is 3.89. The van der Waals surface area contributed by atoms with Crippen LogP contribution in [-0.4, -0.2) is 23.8 Å². The van der Waals surface area contributed by atoms with Crippen molar-refractivity contribution in [3.05, 3.63) is 44.9 Å². The lowest BCUT2D eigenvalue weighted by Crippen LogP contribution is -2.03. The molecule has 21 heavy (non-hydrogen) atoms. The second-order valence-corrected chi connectivity index (χ2v) is 5.99. The number of anilines is 1. The Bertz CT molecular complexity index is 653. The zero-order valence-electron chi connectivity index (χ0n) is 11.6. The van der Waals surface area contributed by atoms with Crippen LogP contribution in [-0.2, 0) is 4.74 Å². The first kappa shape index (κ1) is 15.7. The number of carbonyl (C=O) groups excluding carboxylic acids is 1. The lowest BCUT2D eigenvalue weighted by Gasteiger charge is -1.97. The molecule has 0 saturated carbocycles. The number of hydrogen-bond donors (Lipinski definition) is 1. The Morgan fingerprint density at radius 3 is 2.86 bits per heavy atom. The van der Waals surface area contributed by atoms with Crippen LogP contribution in [0.5, 0.6) is 0 Å². The standard InChI is InChI=1S/C14H14BrN3O2S/c1-3-20-13(19)12-9(2)17-14(21-12)18-16-8-10-4-6-11(15)7-5-10/h4-8H,3H2,1-2H3,(H,17,18)/b16-8+. The van der Waals surface area contributed by atoms with Crippen molar-refractivity contribution in [1.82, 2.24) is 4.98 Å². The van der Waals surface area contributed by atoms with Gasteiger partial charge in [0.2, 0.25) is 5.13 Å². The summed E-state index contributed by atoms with van der Waals surface area (Å²) in [6, 6.07) is 7.75. The number of nitrogens with zero attached hydrogens (tertiary/aromatic N) is 2. The van der Waals surface area contributed by atoms with Gasteiger partial charge in [0.25, 0.3) is 0 Å². The topological polar surface area (TPSA) is 63.6 Å². The molecule has 0 saturated heterocycles. The summed E-state index contributed by atoms with van der Waals surface area (Å²) >= 11 is 4.60. The van der Waals surface area contributed by atoms with E-state index in [0.717, 1.165) is 10.0 Å². The molecule has 1 aromatic carbocycles. The lowest BCUT2D eigenvalue weighted by molar-refractivity contribution is 0.0531. The second kappa shape index (κ2) is 7.33. The van der Waals surface area contributed by atoms with Crippen molar-refractivity contribution in [2.24, 2.45) is 5.10 Å². The maximum atomic E-state index is 11.7. The minimum absolute atomic E-state index is 0.348. The minimum Gasteiger partial charge on any atom is -0.462 e. The van der Waals surface area contributed by atoms with Gasteiger partial charge in [-0.1, -0.05) is 39.4 Å². The molecule has 0 aliphatic carbocycles. The molecule has 0 bridgehead atoms. The molecule has 0 spiro atoms. The van der Waals surface area contributed by atoms with E-state index >= 15 is 0 Å². The fourth-order valence-electron chi connectivity index (χ4n) is 1.54. The zero-order chi connectivity index (χ0) is 15.2. The van der Waals surface area contributed by atoms with Crippen molar-refractivity contribution < 1.29 is 9.53 Å². The quantitative estimate of drug-likeness (QED) is 0.495. The number of ether oxygens (including phenoxy) is 1. The van der Waals surface area contributed by atoms with E-state index in [-0.39, 0.29) is 5.97 Å². The molecule has 7 heteroatoms. The summed E-state index contributed by atoms with van der Waals surface area (Å²) in [6.07, 6.45) is 1.69. The van der Waals surface area contributed by atoms with Gasteiger partial charge >= 0.3 is 5.97 Å². The first-order chi connectivity index (χ1) is 10.1. The van der Waals surface area contributed by atoms with E-state index < -0.39 is 0 Å². The van der Waals surface area contributed by atoms with E-state index in [9.17, 15) is 4.79 Å². The van der Waals surface area contributed by atoms with E-state index in [0.29, 0.717) is 22.3 Å². The fraction of sp³-hybridized carbons (Fsp3) is 0.214. The molecule has 0 unspecified atom stereocenters. The first-order valence-corrected chi connectivity index (χ1v) is 7.90. The highest BCUT2D eigenvalue weighted by molar-refractivity contribution is 9.10. The van der Waals surface area contributed by atoms with Gasteiger partial charge in [-0.2, -0.15) is 5.10 Å². The highest BCUT2D eigenvalue weighted by Crippen LogP contribution is 2.23. The monoisotopic (exact) mass is 367 g/mol. The number of nitrogens with one attached hydrogen (secondary N) is 1. The van der Waals surface area contributed by atoms with Crippen LogP contribution in [0.1, 0.15) is 27.9 Å². The number of esters is 1. The van der Waals surface area contributed by atoms with Gasteiger partial charge < -0.3 is 4.74 Å². The zero-order valence-corrected chi connectivity index (χ0v) is 14.0. The van der Waals surface area contributed by atoms with E-state index in [4.69, 9.17) is 4.74 Å². The van der Waals surface area contributed by atoms with Gasteiger partial charge in [0.15, 0.2) is 0 Å². The van der Waals surface area contributed by atoms with Gasteiger partial charge in [-0.15, -0.1) is 0 Å². The highest BCUT2D eigenvalue weighted by atomic mass is 79.9. The molecule has 0 amide bonds. The number of benzene rings is 1. The number of aryl methyl sites for hydroxylation is 1. The molecule has 2 rings (SSSR count). The third-order valence-electron chi connectivity index (χ3n) is 2.50. The van der Waals surface area contributed by atoms with Gasteiger partial charge in [-0.3, -0.25) is 5.43 Å². The largest absolute Gasteiger partial charge is 0.462 e. The van der Waals surface area contributed by atoms with E-state index in [1.807, 2.05) is 24.3 Å². The number of hydrazone groups is 1. The van der Waals surface area contributed by atoms with Crippen LogP contribution in [0.3, 0.4) is 0 Å². The van der Waals surface area contributed by atoms with Crippen molar-refractivity contribution in [3.63, 3.8) is 0 Å². The van der Waals surface area contributed by atoms with Gasteiger partial charge in [-0.05, 0) is 31.5 Å². The third kappa shape index (κ3) is 4.37. The third-order valence-corrected chi connectivity index (χ3v) is 4.07. The number of halogens is 1. The first-order valence-electron chi connectivity index (χ1n) is 6.29. The number of hydrogen-bond acceptors (Lipinski definition) is 6. The van der Waals surface area contributed by atoms with Crippen LogP contribution in [0, 0.1) is 6.92 Å². The van der Waals surface area contributed by atoms with Crippen LogP contribution < -0.4 is 5.43 Å². The molecule has 0 aliphatic heterocycles. The van der Waals surface area contributed by atoms with Crippen molar-refractivity contribution in [3.8, 4) is 0 Å². The second-order valence-electron chi connectivity index (χ2n) is 4.08. The normalized spacial score (nSPS) is 10.8. The highest BCUT2D eigenvalue weighted by Gasteiger charge is 2.15. The van der Waals surface area contributed by atoms with Crippen LogP contribution in [0.2, 0.25) is 0 Å². The molecule has 1 N–H and O–H groups in total. The Kier molecular flexibility index (Phi) is 5.46. The molecule has 0 fully saturated rings. The summed E-state index contributed by atoms with van der Waals surface area (Å²) in [5, 5.41) is 4.67. The lowest BCUT2D eigenvalue weighted by atomic mass is 10.2. The number of aromatic nitrogens is 1. The number of thiazole rings is 1. The summed E-state index contributed by atoms with van der Waals surface area (Å²) in [5.41, 5.74) is 4.42. The Morgan fingerprint density at radius 1 is 1.48 bits per heavy atom. The van der Waals surface area contributed by atoms with Gasteiger partial charge in [0.05, 0.1) is 18.5 Å². The van der Waals surface area contributed by atoms with Gasteiger partial charge in [0.1, 0.15) is 4.88 Å². The maximum absolute atomic E-state index is 11.7. The Labute approximate surface area is 135 Å². The van der Waals surface area contributed by atoms with Crippen LogP contribution in [0.4, 0.5) is 5.13 Å². The average molecular weight is 368 g/mol. The van der Waals surface area contributed by atoms with Gasteiger partial charge in [0, 0.05) is 4.47 Å². The summed E-state index contributed by atoms with van der Waals surface area (Å²) in [5.74, 6) is -0.350. The Balaban J connectivity index is 2.02. The smallest absolute Gasteiger partial charge is 0.350 e. The summed E-state index contributed by atoms with van der Waals surface area (Å²) in [7, 11) is 0. The summed E-state index contributed by atoms with van der Waals surface area (Å²) < 4.78 is 5.98. The van der Waals surface area contributed by atoms with Gasteiger partial charge in [-0.25, -0.2) is 9.78 Å². The predicted molar refractivity (Wildman–Crippen MR) is 88.2 cm³/mol. The Morgan fingerprint density at radius 2 is 2.19 bits per heavy atom. The molecule has 2 aromatic rings. The van der Waals surface area contributed by atoms with E-state index in [1.54, 1.807) is 20.1 Å². The van der Waals surface area contributed by atoms with Crippen molar-refractivity contribution in [1.29, 1.82) is 0 Å². The van der Waals surface area contributed by atoms with Crippen molar-refractivity contribution in [2.75, 3.05) is 12.0 Å². The van der Waals surface area contributed by atoms with Crippen LogP contribution in [0.15, 0.2) is 33.8 Å². The molecule has 5 nitrogen and oxygen atoms in total. The fourth-order valence-corrected chi connectivity index (χ4v) is 2.62. The molecular weight excluding hydrogens is 354 g/mol. The summed E-state index contributed by atoms with van der Waals surface area (Å²) in [4.78, 5) is 16.4. The molecule has 110 valence electrons. The van der Waals surface area contributed by atoms with Crippen molar-refractivity contribution >= 4 is 44.6 Å². The number of carbonyl (C=O) groups is 1. The minimum atomic E-state index is -0.350. The molecule has 0 atom stereocenters. The van der Waals surface area contributed by atoms with E-state index in [1.165, 1.54) is 11.3 Å². The van der Waals surface area contributed by atoms with Crippen molar-refractivity contribution in [2.45, 2.75) is 13.8 Å². The SMILES string of the molecule is CCOC(=O)c1sc(N/N=C/c2ccc(Br)cc2)nc1C. The molecule has 0 radical (unpaired) electrons. The van der Waals surface area contributed by atoms with Crippen LogP contribution in [0.25, 0.3) is 0 Å². The van der Waals surface area contributed by atoms with E-state index in [2.05, 4.69) is 31.4 Å². The molecule has 1 aromatic heterocycles. The average Bonchev–Trinajstić information content (AvgIpc) is 2.82. The number of rotatable bonds is 5.